The molecule has 0 bridgehead atoms. The summed E-state index contributed by atoms with van der Waals surface area (Å²) in [5.41, 5.74) is 2.98. The number of rotatable bonds is 7. The Hall–Kier alpha value is -3.72. The molecular weight excluding hydrogens is 488 g/mol. The van der Waals surface area contributed by atoms with Gasteiger partial charge >= 0.3 is 6.18 Å². The topological polar surface area (TPSA) is 58.6 Å². The van der Waals surface area contributed by atoms with Crippen LogP contribution in [-0.2, 0) is 46.5 Å². The molecule has 3 aromatic carbocycles. The Kier molecular flexibility index (Phi) is 7.92. The zero-order valence-corrected chi connectivity index (χ0v) is 20.2. The smallest absolute Gasteiger partial charge is 0.367 e. The van der Waals surface area contributed by atoms with Crippen LogP contribution in [0.4, 0.5) is 23.2 Å². The van der Waals surface area contributed by atoms with Gasteiger partial charge in [0.1, 0.15) is 12.4 Å². The molecule has 0 fully saturated rings. The van der Waals surface area contributed by atoms with E-state index in [1.807, 2.05) is 49.4 Å². The number of alkyl halides is 3. The number of carbonyl (C=O) groups is 2. The molecule has 5 nitrogen and oxygen atoms in total. The van der Waals surface area contributed by atoms with Gasteiger partial charge in [-0.2, -0.15) is 13.2 Å². The summed E-state index contributed by atoms with van der Waals surface area (Å²) < 4.78 is 57.8. The number of hydrogen-bond donors (Lipinski definition) is 1. The highest BCUT2D eigenvalue weighted by Gasteiger charge is 2.34. The summed E-state index contributed by atoms with van der Waals surface area (Å²) in [6, 6.07) is 15.8. The first-order valence-corrected chi connectivity index (χ1v) is 11.8. The highest BCUT2D eigenvalue weighted by Crippen LogP contribution is 2.32. The molecule has 2 amide bonds. The van der Waals surface area contributed by atoms with Crippen molar-refractivity contribution in [1.82, 2.24) is 4.90 Å². The Morgan fingerprint density at radius 1 is 1.03 bits per heavy atom. The van der Waals surface area contributed by atoms with Gasteiger partial charge in [-0.25, -0.2) is 4.39 Å². The summed E-state index contributed by atoms with van der Waals surface area (Å²) in [6.07, 6.45) is -4.55. The summed E-state index contributed by atoms with van der Waals surface area (Å²) in [4.78, 5) is 27.1. The van der Waals surface area contributed by atoms with Crippen LogP contribution in [0.25, 0.3) is 0 Å². The number of nitrogens with one attached hydrogen (secondary N) is 1. The molecule has 1 aliphatic heterocycles. The van der Waals surface area contributed by atoms with Crippen molar-refractivity contribution in [1.29, 1.82) is 0 Å². The zero-order valence-electron chi connectivity index (χ0n) is 20.2. The molecule has 3 aromatic rings. The fraction of sp³-hybridized carbons (Fsp3) is 0.286. The number of hydrogen-bond acceptors (Lipinski definition) is 3. The largest absolute Gasteiger partial charge is 0.419 e. The van der Waals surface area contributed by atoms with E-state index >= 15 is 0 Å². The molecule has 4 rings (SSSR count). The van der Waals surface area contributed by atoms with Crippen LogP contribution < -0.4 is 5.32 Å². The van der Waals surface area contributed by atoms with Crippen LogP contribution in [-0.4, -0.2) is 29.9 Å². The molecular formula is C28H26F4N2O3. The predicted octanol–water partition coefficient (Wildman–Crippen LogP) is 5.44. The first-order valence-electron chi connectivity index (χ1n) is 11.8. The van der Waals surface area contributed by atoms with Gasteiger partial charge in [-0.3, -0.25) is 9.59 Å². The van der Waals surface area contributed by atoms with Crippen LogP contribution >= 0.6 is 0 Å². The zero-order chi connectivity index (χ0) is 26.6. The fourth-order valence-corrected chi connectivity index (χ4v) is 4.35. The number of carbonyl (C=O) groups excluding carboxylic acids is 2. The molecule has 1 aliphatic rings. The normalized spacial score (nSPS) is 13.3. The minimum absolute atomic E-state index is 0.0383. The van der Waals surface area contributed by atoms with Crippen molar-refractivity contribution in [3.05, 3.63) is 99.9 Å². The van der Waals surface area contributed by atoms with E-state index in [1.54, 1.807) is 4.90 Å². The summed E-state index contributed by atoms with van der Waals surface area (Å²) in [5, 5.41) is 2.84. The quantitative estimate of drug-likeness (QED) is 0.428. The van der Waals surface area contributed by atoms with Crippen molar-refractivity contribution in [2.24, 2.45) is 0 Å². The van der Waals surface area contributed by atoms with Gasteiger partial charge in [-0.05, 0) is 53.3 Å². The third-order valence-electron chi connectivity index (χ3n) is 6.27. The minimum atomic E-state index is -4.80. The predicted molar refractivity (Wildman–Crippen MR) is 130 cm³/mol. The fourth-order valence-electron chi connectivity index (χ4n) is 4.35. The number of benzene rings is 3. The van der Waals surface area contributed by atoms with Gasteiger partial charge in [-0.1, -0.05) is 48.5 Å². The molecule has 37 heavy (non-hydrogen) atoms. The SMILES string of the molecule is Cc1ccc2c(c1NC(=O)Cc1ccc(C(F)(F)F)c(F)c1)CCN(C(=O)COCc1ccccc1)C2. The number of nitrogens with zero attached hydrogens (tertiary/aromatic N) is 1. The summed E-state index contributed by atoms with van der Waals surface area (Å²) in [6.45, 7) is 2.97. The monoisotopic (exact) mass is 514 g/mol. The van der Waals surface area contributed by atoms with Gasteiger partial charge in [0.15, 0.2) is 0 Å². The van der Waals surface area contributed by atoms with Crippen LogP contribution in [0, 0.1) is 12.7 Å². The van der Waals surface area contributed by atoms with Gasteiger partial charge in [0.2, 0.25) is 11.8 Å². The Balaban J connectivity index is 1.38. The van der Waals surface area contributed by atoms with Gasteiger partial charge < -0.3 is 15.0 Å². The lowest BCUT2D eigenvalue weighted by Crippen LogP contribution is -2.38. The molecule has 0 spiro atoms. The van der Waals surface area contributed by atoms with Crippen LogP contribution in [0.1, 0.15) is 33.4 Å². The first-order chi connectivity index (χ1) is 17.6. The Labute approximate surface area is 212 Å². The lowest BCUT2D eigenvalue weighted by Gasteiger charge is -2.31. The average molecular weight is 515 g/mol. The van der Waals surface area contributed by atoms with E-state index in [0.29, 0.717) is 37.9 Å². The Bertz CT molecular complexity index is 1290. The molecule has 1 N–H and O–H groups in total. The summed E-state index contributed by atoms with van der Waals surface area (Å²) in [5.74, 6) is -2.01. The third-order valence-corrected chi connectivity index (χ3v) is 6.27. The van der Waals surface area contributed by atoms with Crippen molar-refractivity contribution in [2.45, 2.75) is 39.1 Å². The van der Waals surface area contributed by atoms with Crippen molar-refractivity contribution >= 4 is 17.5 Å². The van der Waals surface area contributed by atoms with Crippen molar-refractivity contribution in [3.8, 4) is 0 Å². The lowest BCUT2D eigenvalue weighted by atomic mass is 9.94. The number of anilines is 1. The Morgan fingerprint density at radius 2 is 1.78 bits per heavy atom. The number of amides is 2. The average Bonchev–Trinajstić information content (AvgIpc) is 2.85. The second kappa shape index (κ2) is 11.1. The second-order valence-corrected chi connectivity index (χ2v) is 8.98. The van der Waals surface area contributed by atoms with Gasteiger partial charge in [-0.15, -0.1) is 0 Å². The minimum Gasteiger partial charge on any atom is -0.367 e. The van der Waals surface area contributed by atoms with Crippen molar-refractivity contribution in [2.75, 3.05) is 18.5 Å². The molecule has 0 atom stereocenters. The standard InChI is InChI=1S/C28H26F4N2O3/c1-18-7-9-21-15-34(26(36)17-37-16-19-5-3-2-4-6-19)12-11-22(21)27(18)33-25(35)14-20-8-10-23(24(29)13-20)28(30,31)32/h2-10,13H,11-12,14-17H2,1H3,(H,33,35). The third kappa shape index (κ3) is 6.54. The molecule has 0 aliphatic carbocycles. The molecule has 0 unspecified atom stereocenters. The van der Waals surface area contributed by atoms with Crippen molar-refractivity contribution < 1.29 is 31.9 Å². The molecule has 9 heteroatoms. The van der Waals surface area contributed by atoms with Crippen LogP contribution in [0.15, 0.2) is 60.7 Å². The number of halogens is 4. The van der Waals surface area contributed by atoms with Crippen LogP contribution in [0.2, 0.25) is 0 Å². The summed E-state index contributed by atoms with van der Waals surface area (Å²) >= 11 is 0. The lowest BCUT2D eigenvalue weighted by molar-refractivity contribution is -0.140. The number of ether oxygens (including phenoxy) is 1. The second-order valence-electron chi connectivity index (χ2n) is 8.98. The highest BCUT2D eigenvalue weighted by atomic mass is 19.4. The molecule has 194 valence electrons. The van der Waals surface area contributed by atoms with Gasteiger partial charge in [0, 0.05) is 18.8 Å². The van der Waals surface area contributed by atoms with Gasteiger partial charge in [0.25, 0.3) is 0 Å². The Morgan fingerprint density at radius 3 is 2.49 bits per heavy atom. The summed E-state index contributed by atoms with van der Waals surface area (Å²) in [7, 11) is 0. The number of fused-ring (bicyclic) bond motifs is 1. The molecule has 0 aromatic heterocycles. The van der Waals surface area contributed by atoms with E-state index in [9.17, 15) is 27.2 Å². The molecule has 0 radical (unpaired) electrons. The van der Waals surface area contributed by atoms with Crippen LogP contribution in [0.5, 0.6) is 0 Å². The van der Waals surface area contributed by atoms with Crippen molar-refractivity contribution in [3.63, 3.8) is 0 Å². The first kappa shape index (κ1) is 26.3. The molecule has 0 saturated heterocycles. The maximum atomic E-state index is 13.9. The molecule has 1 heterocycles. The van der Waals surface area contributed by atoms with E-state index in [4.69, 9.17) is 4.74 Å². The van der Waals surface area contributed by atoms with E-state index in [-0.39, 0.29) is 24.5 Å². The van der Waals surface area contributed by atoms with Gasteiger partial charge in [0.05, 0.1) is 18.6 Å². The maximum absolute atomic E-state index is 13.9. The number of aryl methyl sites for hydroxylation is 1. The highest BCUT2D eigenvalue weighted by molar-refractivity contribution is 5.94. The van der Waals surface area contributed by atoms with E-state index in [2.05, 4.69) is 5.32 Å². The van der Waals surface area contributed by atoms with E-state index in [0.717, 1.165) is 34.4 Å². The van der Waals surface area contributed by atoms with E-state index < -0.39 is 23.5 Å². The van der Waals surface area contributed by atoms with Crippen LogP contribution in [0.3, 0.4) is 0 Å². The maximum Gasteiger partial charge on any atom is 0.419 e. The van der Waals surface area contributed by atoms with E-state index in [1.165, 1.54) is 0 Å². The molecule has 0 saturated carbocycles.